The van der Waals surface area contributed by atoms with Gasteiger partial charge >= 0.3 is 0 Å². The fourth-order valence-corrected chi connectivity index (χ4v) is 3.08. The van der Waals surface area contributed by atoms with E-state index in [0.29, 0.717) is 0 Å². The third-order valence-electron chi connectivity index (χ3n) is 3.94. The lowest BCUT2D eigenvalue weighted by molar-refractivity contribution is -0.127. The molecule has 1 amide bonds. The fraction of sp³-hybridized carbons (Fsp3) is 0.571. The Kier molecular flexibility index (Phi) is 3.48. The van der Waals surface area contributed by atoms with Crippen LogP contribution >= 0.6 is 0 Å². The molecule has 2 aliphatic rings. The Morgan fingerprint density at radius 3 is 3.21 bits per heavy atom. The number of carbonyl (C=O) groups is 1. The summed E-state index contributed by atoms with van der Waals surface area (Å²) < 4.78 is 5.88. The quantitative estimate of drug-likeness (QED) is 0.856. The molecule has 0 spiro atoms. The lowest BCUT2D eigenvalue weighted by atomic mass is 10.00. The van der Waals surface area contributed by atoms with Crippen LogP contribution in [0.15, 0.2) is 24.5 Å². The molecule has 102 valence electrons. The minimum absolute atomic E-state index is 0.00824. The number of morpholine rings is 1. The van der Waals surface area contributed by atoms with Gasteiger partial charge in [0.1, 0.15) is 0 Å². The average Bonchev–Trinajstić information content (AvgIpc) is 2.74. The number of rotatable bonds is 3. The van der Waals surface area contributed by atoms with Crippen LogP contribution < -0.4 is 5.32 Å². The summed E-state index contributed by atoms with van der Waals surface area (Å²) in [4.78, 5) is 18.3. The van der Waals surface area contributed by atoms with Crippen molar-refractivity contribution in [2.75, 3.05) is 20.1 Å². The summed E-state index contributed by atoms with van der Waals surface area (Å²) in [6.07, 6.45) is 4.75. The Balaban J connectivity index is 1.64. The Bertz CT molecular complexity index is 451. The molecule has 19 heavy (non-hydrogen) atoms. The van der Waals surface area contributed by atoms with Crippen molar-refractivity contribution in [2.45, 2.75) is 25.2 Å². The third-order valence-corrected chi connectivity index (χ3v) is 3.94. The van der Waals surface area contributed by atoms with Gasteiger partial charge in [0.15, 0.2) is 0 Å². The van der Waals surface area contributed by atoms with Gasteiger partial charge in [0.2, 0.25) is 5.91 Å². The van der Waals surface area contributed by atoms with Crippen molar-refractivity contribution in [3.05, 3.63) is 30.1 Å². The lowest BCUT2D eigenvalue weighted by Crippen LogP contribution is -2.44. The van der Waals surface area contributed by atoms with Gasteiger partial charge in [-0.25, -0.2) is 0 Å². The molecule has 0 radical (unpaired) electrons. The largest absolute Gasteiger partial charge is 0.371 e. The van der Waals surface area contributed by atoms with Gasteiger partial charge < -0.3 is 10.1 Å². The van der Waals surface area contributed by atoms with Crippen LogP contribution in [0.1, 0.15) is 12.0 Å². The molecule has 3 heterocycles. The maximum Gasteiger partial charge on any atom is 0.225 e. The Morgan fingerprint density at radius 1 is 1.58 bits per heavy atom. The smallest absolute Gasteiger partial charge is 0.225 e. The number of pyridine rings is 1. The van der Waals surface area contributed by atoms with Crippen molar-refractivity contribution in [1.29, 1.82) is 0 Å². The van der Waals surface area contributed by atoms with Crippen LogP contribution in [0.3, 0.4) is 0 Å². The van der Waals surface area contributed by atoms with Gasteiger partial charge in [0.25, 0.3) is 0 Å². The van der Waals surface area contributed by atoms with E-state index in [2.05, 4.69) is 21.3 Å². The number of hydrogen-bond donors (Lipinski definition) is 1. The SMILES string of the molecule is CNC(=O)C1CC2CN(Cc3cccnc3)CC1O2. The zero-order valence-corrected chi connectivity index (χ0v) is 11.1. The van der Waals surface area contributed by atoms with E-state index in [1.807, 2.05) is 12.3 Å². The van der Waals surface area contributed by atoms with Crippen LogP contribution in [-0.4, -0.2) is 48.1 Å². The Hall–Kier alpha value is -1.46. The van der Waals surface area contributed by atoms with E-state index < -0.39 is 0 Å². The molecule has 3 atom stereocenters. The highest BCUT2D eigenvalue weighted by Gasteiger charge is 2.44. The molecule has 1 aromatic rings. The zero-order chi connectivity index (χ0) is 13.2. The first-order chi connectivity index (χ1) is 9.26. The molecule has 2 bridgehead atoms. The second-order valence-electron chi connectivity index (χ2n) is 5.31. The summed E-state index contributed by atoms with van der Waals surface area (Å²) in [5.74, 6) is 0.115. The van der Waals surface area contributed by atoms with Crippen molar-refractivity contribution >= 4 is 5.91 Å². The van der Waals surface area contributed by atoms with Gasteiger partial charge in [-0.15, -0.1) is 0 Å². The number of amides is 1. The number of fused-ring (bicyclic) bond motifs is 2. The molecule has 2 fully saturated rings. The maximum atomic E-state index is 11.8. The first-order valence-electron chi connectivity index (χ1n) is 6.74. The number of likely N-dealkylation sites (tertiary alicyclic amines) is 1. The summed E-state index contributed by atoms with van der Waals surface area (Å²) in [6.45, 7) is 2.60. The molecule has 1 N–H and O–H groups in total. The fourth-order valence-electron chi connectivity index (χ4n) is 3.08. The lowest BCUT2D eigenvalue weighted by Gasteiger charge is -2.32. The molecule has 5 nitrogen and oxygen atoms in total. The van der Waals surface area contributed by atoms with Gasteiger partial charge in [-0.2, -0.15) is 0 Å². The monoisotopic (exact) mass is 261 g/mol. The molecular formula is C14H19N3O2. The van der Waals surface area contributed by atoms with Crippen LogP contribution in [0.2, 0.25) is 0 Å². The molecule has 0 aromatic carbocycles. The minimum Gasteiger partial charge on any atom is -0.371 e. The second-order valence-corrected chi connectivity index (χ2v) is 5.31. The number of carbonyl (C=O) groups excluding carboxylic acids is 1. The van der Waals surface area contributed by atoms with Gasteiger partial charge in [-0.1, -0.05) is 6.07 Å². The Labute approximate surface area is 113 Å². The molecule has 0 aliphatic carbocycles. The highest BCUT2D eigenvalue weighted by molar-refractivity contribution is 5.79. The van der Waals surface area contributed by atoms with Crippen molar-refractivity contribution in [1.82, 2.24) is 15.2 Å². The van der Waals surface area contributed by atoms with Crippen LogP contribution in [-0.2, 0) is 16.1 Å². The predicted molar refractivity (Wildman–Crippen MR) is 70.3 cm³/mol. The Morgan fingerprint density at radius 2 is 2.47 bits per heavy atom. The van der Waals surface area contributed by atoms with Gasteiger partial charge in [0.05, 0.1) is 18.1 Å². The van der Waals surface area contributed by atoms with Crippen molar-refractivity contribution in [3.63, 3.8) is 0 Å². The first-order valence-corrected chi connectivity index (χ1v) is 6.74. The average molecular weight is 261 g/mol. The van der Waals surface area contributed by atoms with E-state index in [-0.39, 0.29) is 24.0 Å². The van der Waals surface area contributed by atoms with Gasteiger partial charge in [-0.3, -0.25) is 14.7 Å². The first kappa shape index (κ1) is 12.6. The highest BCUT2D eigenvalue weighted by Crippen LogP contribution is 2.32. The molecule has 3 unspecified atom stereocenters. The zero-order valence-electron chi connectivity index (χ0n) is 11.1. The summed E-state index contributed by atoms with van der Waals surface area (Å²) in [6, 6.07) is 4.04. The van der Waals surface area contributed by atoms with Crippen LogP contribution in [0.4, 0.5) is 0 Å². The number of nitrogens with one attached hydrogen (secondary N) is 1. The van der Waals surface area contributed by atoms with Crippen molar-refractivity contribution in [3.8, 4) is 0 Å². The van der Waals surface area contributed by atoms with Crippen LogP contribution in [0.25, 0.3) is 0 Å². The van der Waals surface area contributed by atoms with Crippen molar-refractivity contribution in [2.24, 2.45) is 5.92 Å². The summed E-state index contributed by atoms with van der Waals surface area (Å²) in [5.41, 5.74) is 1.21. The molecule has 0 saturated carbocycles. The van der Waals surface area contributed by atoms with E-state index >= 15 is 0 Å². The second kappa shape index (κ2) is 5.27. The van der Waals surface area contributed by atoms with Crippen LogP contribution in [0, 0.1) is 5.92 Å². The number of hydrogen-bond acceptors (Lipinski definition) is 4. The molecule has 5 heteroatoms. The third kappa shape index (κ3) is 2.62. The predicted octanol–water partition coefficient (Wildman–Crippen LogP) is 0.417. The summed E-state index contributed by atoms with van der Waals surface area (Å²) in [7, 11) is 1.69. The summed E-state index contributed by atoms with van der Waals surface area (Å²) >= 11 is 0. The standard InChI is InChI=1S/C14H19N3O2/c1-15-14(18)12-5-11-8-17(9-13(12)19-11)7-10-3-2-4-16-6-10/h2-4,6,11-13H,5,7-9H2,1H3,(H,15,18). The number of ether oxygens (including phenoxy) is 1. The highest BCUT2D eigenvalue weighted by atomic mass is 16.5. The van der Waals surface area contributed by atoms with Gasteiger partial charge in [-0.05, 0) is 18.1 Å². The molecule has 2 aliphatic heterocycles. The minimum atomic E-state index is 0.00824. The normalized spacial score (nSPS) is 30.3. The summed E-state index contributed by atoms with van der Waals surface area (Å²) in [5, 5.41) is 2.74. The van der Waals surface area contributed by atoms with E-state index in [4.69, 9.17) is 4.74 Å². The van der Waals surface area contributed by atoms with E-state index in [0.717, 1.165) is 26.1 Å². The van der Waals surface area contributed by atoms with E-state index in [1.165, 1.54) is 5.56 Å². The van der Waals surface area contributed by atoms with Gasteiger partial charge in [0, 0.05) is 39.1 Å². The molecule has 3 rings (SSSR count). The number of nitrogens with zero attached hydrogens (tertiary/aromatic N) is 2. The molecular weight excluding hydrogens is 242 g/mol. The number of aromatic nitrogens is 1. The maximum absolute atomic E-state index is 11.8. The van der Waals surface area contributed by atoms with Crippen molar-refractivity contribution < 1.29 is 9.53 Å². The van der Waals surface area contributed by atoms with E-state index in [1.54, 1.807) is 13.2 Å². The topological polar surface area (TPSA) is 54.5 Å². The molecule has 1 aromatic heterocycles. The molecule has 2 saturated heterocycles. The van der Waals surface area contributed by atoms with Crippen LogP contribution in [0.5, 0.6) is 0 Å². The van der Waals surface area contributed by atoms with E-state index in [9.17, 15) is 4.79 Å².